The Balaban J connectivity index is 1.63. The van der Waals surface area contributed by atoms with Crippen LogP contribution in [0.5, 0.6) is 11.5 Å². The first-order chi connectivity index (χ1) is 12.1. The van der Waals surface area contributed by atoms with Gasteiger partial charge in [0.25, 0.3) is 0 Å². The van der Waals surface area contributed by atoms with Crippen LogP contribution in [0.3, 0.4) is 0 Å². The van der Waals surface area contributed by atoms with Crippen LogP contribution in [-0.2, 0) is 11.3 Å². The molecule has 0 aliphatic heterocycles. The molecular weight excluding hydrogens is 342 g/mol. The summed E-state index contributed by atoms with van der Waals surface area (Å²) in [7, 11) is 0. The molecule has 0 radical (unpaired) electrons. The van der Waals surface area contributed by atoms with Gasteiger partial charge in [-0.3, -0.25) is 9.36 Å². The minimum Gasteiger partial charge on any atom is -0.456 e. The summed E-state index contributed by atoms with van der Waals surface area (Å²) in [6.07, 6.45) is 2.89. The van der Waals surface area contributed by atoms with E-state index in [1.165, 1.54) is 17.0 Å². The Kier molecular flexibility index (Phi) is 5.11. The van der Waals surface area contributed by atoms with Gasteiger partial charge in [-0.25, -0.2) is 9.78 Å². The van der Waals surface area contributed by atoms with Crippen molar-refractivity contribution in [3.8, 4) is 11.5 Å². The molecule has 2 aromatic carbocycles. The lowest BCUT2D eigenvalue weighted by Crippen LogP contribution is -2.28. The minimum atomic E-state index is -0.471. The fourth-order valence-electron chi connectivity index (χ4n) is 2.12. The number of nitrogens with zero attached hydrogens (tertiary/aromatic N) is 2. The maximum Gasteiger partial charge on any atom is 0.347 e. The summed E-state index contributed by atoms with van der Waals surface area (Å²) >= 11 is 6.05. The predicted octanol–water partition coefficient (Wildman–Crippen LogP) is 3.33. The molecule has 0 aliphatic rings. The number of hydrogen-bond donors (Lipinski definition) is 1. The number of amides is 1. The Hall–Kier alpha value is -3.12. The average molecular weight is 356 g/mol. The van der Waals surface area contributed by atoms with Gasteiger partial charge in [0.2, 0.25) is 5.91 Å². The summed E-state index contributed by atoms with van der Waals surface area (Å²) in [6, 6.07) is 15.6. The minimum absolute atomic E-state index is 0.107. The van der Waals surface area contributed by atoms with Crippen molar-refractivity contribution in [2.24, 2.45) is 0 Å². The second-order valence-corrected chi connectivity index (χ2v) is 5.54. The Morgan fingerprint density at radius 1 is 1.12 bits per heavy atom. The van der Waals surface area contributed by atoms with Gasteiger partial charge in [0, 0.05) is 18.1 Å². The first-order valence-electron chi connectivity index (χ1n) is 7.45. The zero-order valence-electron chi connectivity index (χ0n) is 13.1. The van der Waals surface area contributed by atoms with E-state index in [-0.39, 0.29) is 12.5 Å². The quantitative estimate of drug-likeness (QED) is 0.762. The zero-order valence-corrected chi connectivity index (χ0v) is 13.8. The van der Waals surface area contributed by atoms with Crippen LogP contribution in [-0.4, -0.2) is 15.5 Å². The summed E-state index contributed by atoms with van der Waals surface area (Å²) in [4.78, 5) is 27.1. The number of carbonyl (C=O) groups is 1. The molecule has 0 aliphatic carbocycles. The highest BCUT2D eigenvalue weighted by atomic mass is 35.5. The summed E-state index contributed by atoms with van der Waals surface area (Å²) < 4.78 is 6.91. The molecule has 7 heteroatoms. The molecule has 0 bridgehead atoms. The fraction of sp³-hybridized carbons (Fsp3) is 0.0556. The molecule has 1 N–H and O–H groups in total. The van der Waals surface area contributed by atoms with Crippen molar-refractivity contribution in [2.45, 2.75) is 6.54 Å². The summed E-state index contributed by atoms with van der Waals surface area (Å²) in [5.41, 5.74) is 0.120. The molecule has 6 nitrogen and oxygen atoms in total. The van der Waals surface area contributed by atoms with E-state index in [2.05, 4.69) is 10.3 Å². The van der Waals surface area contributed by atoms with Gasteiger partial charge < -0.3 is 10.1 Å². The molecule has 0 saturated heterocycles. The van der Waals surface area contributed by atoms with Crippen LogP contribution in [0.2, 0.25) is 5.02 Å². The topological polar surface area (TPSA) is 73.2 Å². The van der Waals surface area contributed by atoms with E-state index in [0.29, 0.717) is 22.2 Å². The van der Waals surface area contributed by atoms with E-state index < -0.39 is 5.69 Å². The summed E-state index contributed by atoms with van der Waals surface area (Å²) in [6.45, 7) is -0.107. The highest BCUT2D eigenvalue weighted by Crippen LogP contribution is 2.29. The zero-order chi connectivity index (χ0) is 17.6. The molecule has 0 unspecified atom stereocenters. The van der Waals surface area contributed by atoms with Gasteiger partial charge in [0.1, 0.15) is 18.0 Å². The standard InChI is InChI=1S/C18H14ClN3O3/c19-15-4-1-2-5-16(15)25-14-8-6-13(7-9-14)21-17(23)12-22-11-3-10-20-18(22)24/h1-11H,12H2,(H,21,23). The van der Waals surface area contributed by atoms with Crippen LogP contribution < -0.4 is 15.7 Å². The van der Waals surface area contributed by atoms with E-state index in [1.807, 2.05) is 12.1 Å². The third-order valence-corrected chi connectivity index (χ3v) is 3.61. The van der Waals surface area contributed by atoms with Crippen molar-refractivity contribution in [2.75, 3.05) is 5.32 Å². The van der Waals surface area contributed by atoms with E-state index in [4.69, 9.17) is 16.3 Å². The second kappa shape index (κ2) is 7.63. The van der Waals surface area contributed by atoms with Gasteiger partial charge in [-0.2, -0.15) is 0 Å². The van der Waals surface area contributed by atoms with E-state index >= 15 is 0 Å². The van der Waals surface area contributed by atoms with Crippen LogP contribution in [0.15, 0.2) is 71.8 Å². The van der Waals surface area contributed by atoms with Crippen molar-refractivity contribution in [1.29, 1.82) is 0 Å². The van der Waals surface area contributed by atoms with Crippen molar-refractivity contribution < 1.29 is 9.53 Å². The Morgan fingerprint density at radius 3 is 2.60 bits per heavy atom. The lowest BCUT2D eigenvalue weighted by atomic mass is 10.3. The first-order valence-corrected chi connectivity index (χ1v) is 7.83. The Labute approximate surface area is 148 Å². The first kappa shape index (κ1) is 16.7. The molecule has 1 amide bonds. The number of para-hydroxylation sites is 1. The second-order valence-electron chi connectivity index (χ2n) is 5.14. The molecule has 0 atom stereocenters. The monoisotopic (exact) mass is 355 g/mol. The van der Waals surface area contributed by atoms with Crippen molar-refractivity contribution in [1.82, 2.24) is 9.55 Å². The molecule has 1 aromatic heterocycles. The van der Waals surface area contributed by atoms with Gasteiger partial charge in [-0.05, 0) is 42.5 Å². The van der Waals surface area contributed by atoms with E-state index in [0.717, 1.165) is 0 Å². The third kappa shape index (κ3) is 4.45. The molecular formula is C18H14ClN3O3. The van der Waals surface area contributed by atoms with Crippen LogP contribution in [0.25, 0.3) is 0 Å². The van der Waals surface area contributed by atoms with Gasteiger partial charge in [-0.1, -0.05) is 23.7 Å². The van der Waals surface area contributed by atoms with Gasteiger partial charge in [0.15, 0.2) is 0 Å². The van der Waals surface area contributed by atoms with Crippen LogP contribution in [0.4, 0.5) is 5.69 Å². The lowest BCUT2D eigenvalue weighted by Gasteiger charge is -2.09. The van der Waals surface area contributed by atoms with Crippen molar-refractivity contribution in [3.05, 3.63) is 82.5 Å². The molecule has 0 saturated carbocycles. The smallest absolute Gasteiger partial charge is 0.347 e. The van der Waals surface area contributed by atoms with E-state index in [1.54, 1.807) is 42.5 Å². The SMILES string of the molecule is O=C(Cn1cccnc1=O)Nc1ccc(Oc2ccccc2Cl)cc1. The lowest BCUT2D eigenvalue weighted by molar-refractivity contribution is -0.116. The van der Waals surface area contributed by atoms with Crippen LogP contribution in [0, 0.1) is 0 Å². The van der Waals surface area contributed by atoms with Crippen molar-refractivity contribution >= 4 is 23.2 Å². The van der Waals surface area contributed by atoms with Crippen LogP contribution in [0.1, 0.15) is 0 Å². The number of aromatic nitrogens is 2. The number of carbonyl (C=O) groups excluding carboxylic acids is 1. The third-order valence-electron chi connectivity index (χ3n) is 3.30. The molecule has 1 heterocycles. The largest absolute Gasteiger partial charge is 0.456 e. The number of benzene rings is 2. The van der Waals surface area contributed by atoms with Crippen LogP contribution >= 0.6 is 11.6 Å². The number of hydrogen-bond acceptors (Lipinski definition) is 4. The molecule has 0 spiro atoms. The molecule has 126 valence electrons. The number of anilines is 1. The molecule has 3 rings (SSSR count). The predicted molar refractivity (Wildman–Crippen MR) is 95.1 cm³/mol. The van der Waals surface area contributed by atoms with E-state index in [9.17, 15) is 9.59 Å². The maximum atomic E-state index is 12.0. The highest BCUT2D eigenvalue weighted by molar-refractivity contribution is 6.32. The Morgan fingerprint density at radius 2 is 1.88 bits per heavy atom. The van der Waals surface area contributed by atoms with Gasteiger partial charge in [0.05, 0.1) is 5.02 Å². The number of ether oxygens (including phenoxy) is 1. The normalized spacial score (nSPS) is 10.3. The van der Waals surface area contributed by atoms with Gasteiger partial charge >= 0.3 is 5.69 Å². The molecule has 0 fully saturated rings. The number of nitrogens with one attached hydrogen (secondary N) is 1. The molecule has 25 heavy (non-hydrogen) atoms. The maximum absolute atomic E-state index is 12.0. The summed E-state index contributed by atoms with van der Waals surface area (Å²) in [5, 5.41) is 3.23. The Bertz CT molecular complexity index is 939. The number of halogens is 1. The van der Waals surface area contributed by atoms with Crippen molar-refractivity contribution in [3.63, 3.8) is 0 Å². The van der Waals surface area contributed by atoms with Gasteiger partial charge in [-0.15, -0.1) is 0 Å². The summed E-state index contributed by atoms with van der Waals surface area (Å²) in [5.74, 6) is 0.821. The fourth-order valence-corrected chi connectivity index (χ4v) is 2.30. The average Bonchev–Trinajstić information content (AvgIpc) is 2.61. The molecule has 3 aromatic rings. The highest BCUT2D eigenvalue weighted by Gasteiger charge is 2.06. The number of rotatable bonds is 5.